The second-order valence-electron chi connectivity index (χ2n) is 7.21. The number of aryl methyl sites for hydroxylation is 1. The number of allylic oxidation sites excluding steroid dienone is 1. The van der Waals surface area contributed by atoms with Crippen molar-refractivity contribution in [2.45, 2.75) is 52.4 Å². The maximum Gasteiger partial charge on any atom is 0.348 e. The van der Waals surface area contributed by atoms with Crippen molar-refractivity contribution in [2.75, 3.05) is 13.1 Å². The molecule has 1 unspecified atom stereocenters. The Kier molecular flexibility index (Phi) is 8.31. The lowest BCUT2D eigenvalue weighted by Crippen LogP contribution is -2.33. The van der Waals surface area contributed by atoms with Crippen LogP contribution in [0.15, 0.2) is 30.1 Å². The van der Waals surface area contributed by atoms with Crippen LogP contribution in [-0.4, -0.2) is 51.2 Å². The number of carbonyl (C=O) groups is 1. The summed E-state index contributed by atoms with van der Waals surface area (Å²) in [6.45, 7) is 14.0. The highest BCUT2D eigenvalue weighted by Gasteiger charge is 2.21. The third-order valence-corrected chi connectivity index (χ3v) is 5.48. The van der Waals surface area contributed by atoms with Crippen LogP contribution < -0.4 is 5.56 Å². The molecular formula is C21H29N3O4S. The molecule has 8 heteroatoms. The minimum atomic E-state index is -0.509. The summed E-state index contributed by atoms with van der Waals surface area (Å²) in [5, 5.41) is 10.6. The van der Waals surface area contributed by atoms with Gasteiger partial charge in [-0.15, -0.1) is 24.5 Å². The molecule has 158 valence electrons. The second-order valence-corrected chi connectivity index (χ2v) is 8.20. The molecule has 0 fully saturated rings. The van der Waals surface area contributed by atoms with E-state index in [1.165, 1.54) is 0 Å². The highest BCUT2D eigenvalue weighted by atomic mass is 32.1. The van der Waals surface area contributed by atoms with Crippen molar-refractivity contribution in [2.24, 2.45) is 0 Å². The molecule has 0 radical (unpaired) electrons. The zero-order valence-electron chi connectivity index (χ0n) is 17.2. The molecule has 0 saturated heterocycles. The zero-order valence-corrected chi connectivity index (χ0v) is 18.1. The molecule has 0 spiro atoms. The number of nitrogens with zero attached hydrogens (tertiary/aromatic N) is 2. The van der Waals surface area contributed by atoms with Crippen molar-refractivity contribution in [3.8, 4) is 0 Å². The molecule has 0 bridgehead atoms. The van der Waals surface area contributed by atoms with Crippen molar-refractivity contribution in [3.05, 3.63) is 51.9 Å². The van der Waals surface area contributed by atoms with Crippen molar-refractivity contribution in [1.29, 1.82) is 0 Å². The first-order valence-electron chi connectivity index (χ1n) is 9.62. The van der Waals surface area contributed by atoms with Crippen LogP contribution in [0.3, 0.4) is 0 Å². The molecule has 0 aliphatic rings. The predicted molar refractivity (Wildman–Crippen MR) is 116 cm³/mol. The van der Waals surface area contributed by atoms with E-state index in [2.05, 4.69) is 23.1 Å². The molecular weight excluding hydrogens is 390 g/mol. The average molecular weight is 420 g/mol. The number of rotatable bonds is 11. The van der Waals surface area contributed by atoms with Gasteiger partial charge < -0.3 is 14.8 Å². The maximum atomic E-state index is 12.6. The van der Waals surface area contributed by atoms with Gasteiger partial charge in [-0.1, -0.05) is 12.2 Å². The number of aromatic amines is 1. The van der Waals surface area contributed by atoms with E-state index in [1.807, 2.05) is 4.90 Å². The van der Waals surface area contributed by atoms with Crippen LogP contribution in [0.5, 0.6) is 0 Å². The van der Waals surface area contributed by atoms with Gasteiger partial charge in [-0.25, -0.2) is 9.78 Å². The highest BCUT2D eigenvalue weighted by Crippen LogP contribution is 2.28. The number of hydrogen-bond donors (Lipinski definition) is 2. The highest BCUT2D eigenvalue weighted by molar-refractivity contribution is 7.20. The second kappa shape index (κ2) is 10.5. The van der Waals surface area contributed by atoms with Crippen LogP contribution >= 0.6 is 11.3 Å². The topological polar surface area (TPSA) is 95.5 Å². The van der Waals surface area contributed by atoms with Crippen LogP contribution in [0.25, 0.3) is 10.2 Å². The number of ether oxygens (including phenoxy) is 1. The number of aliphatic hydroxyl groups excluding tert-OH is 1. The molecule has 2 rings (SSSR count). The number of nitrogens with one attached hydrogen (secondary N) is 1. The molecule has 0 aliphatic carbocycles. The van der Waals surface area contributed by atoms with E-state index < -0.39 is 12.1 Å². The number of thiophene rings is 1. The molecule has 2 aromatic heterocycles. The lowest BCUT2D eigenvalue weighted by Gasteiger charge is -2.23. The Hall–Kier alpha value is -2.29. The third kappa shape index (κ3) is 6.09. The molecule has 2 N–H and O–H groups in total. The number of aromatic nitrogens is 2. The summed E-state index contributed by atoms with van der Waals surface area (Å²) in [4.78, 5) is 35.2. The normalized spacial score (nSPS) is 12.5. The minimum Gasteiger partial charge on any atom is -0.459 e. The van der Waals surface area contributed by atoms with Crippen LogP contribution in [0.4, 0.5) is 0 Å². The Morgan fingerprint density at radius 1 is 1.38 bits per heavy atom. The summed E-state index contributed by atoms with van der Waals surface area (Å²) < 4.78 is 5.27. The molecule has 1 atom stereocenters. The summed E-state index contributed by atoms with van der Waals surface area (Å²) >= 11 is 1.16. The quantitative estimate of drug-likeness (QED) is 0.429. The maximum absolute atomic E-state index is 12.6. The van der Waals surface area contributed by atoms with E-state index in [0.717, 1.165) is 17.8 Å². The van der Waals surface area contributed by atoms with Gasteiger partial charge in [-0.2, -0.15) is 0 Å². The van der Waals surface area contributed by atoms with Crippen molar-refractivity contribution in [3.63, 3.8) is 0 Å². The van der Waals surface area contributed by atoms with E-state index in [4.69, 9.17) is 4.74 Å². The van der Waals surface area contributed by atoms with Gasteiger partial charge in [0.25, 0.3) is 5.56 Å². The Balaban J connectivity index is 2.28. The molecule has 0 saturated carbocycles. The van der Waals surface area contributed by atoms with Crippen LogP contribution in [0.2, 0.25) is 0 Å². The smallest absolute Gasteiger partial charge is 0.348 e. The van der Waals surface area contributed by atoms with Crippen molar-refractivity contribution < 1.29 is 14.6 Å². The van der Waals surface area contributed by atoms with E-state index in [0.29, 0.717) is 52.5 Å². The van der Waals surface area contributed by atoms with Gasteiger partial charge in [-0.3, -0.25) is 9.69 Å². The van der Waals surface area contributed by atoms with Crippen LogP contribution in [-0.2, 0) is 11.3 Å². The Morgan fingerprint density at radius 3 is 2.72 bits per heavy atom. The first kappa shape index (κ1) is 23.0. The predicted octanol–water partition coefficient (Wildman–Crippen LogP) is 3.17. The van der Waals surface area contributed by atoms with E-state index >= 15 is 0 Å². The van der Waals surface area contributed by atoms with Crippen molar-refractivity contribution >= 4 is 27.5 Å². The molecule has 0 aromatic carbocycles. The summed E-state index contributed by atoms with van der Waals surface area (Å²) in [6, 6.07) is 0. The number of fused-ring (bicyclic) bond motifs is 1. The SMILES string of the molecule is C=CCCC(O)CN(CC=C)Cc1nc2sc(C(=O)OC(C)C)c(C)c2c(=O)[nH]1. The molecule has 29 heavy (non-hydrogen) atoms. The fraction of sp³-hybridized carbons (Fsp3) is 0.476. The molecule has 7 nitrogen and oxygen atoms in total. The van der Waals surface area contributed by atoms with Gasteiger partial charge in [-0.05, 0) is 39.2 Å². The largest absolute Gasteiger partial charge is 0.459 e. The van der Waals surface area contributed by atoms with Gasteiger partial charge in [0, 0.05) is 13.1 Å². The van der Waals surface area contributed by atoms with Crippen LogP contribution in [0.1, 0.15) is 47.7 Å². The molecule has 0 aliphatic heterocycles. The fourth-order valence-corrected chi connectivity index (χ4v) is 4.11. The van der Waals surface area contributed by atoms with Crippen molar-refractivity contribution in [1.82, 2.24) is 14.9 Å². The first-order valence-corrected chi connectivity index (χ1v) is 10.4. The van der Waals surface area contributed by atoms with Gasteiger partial charge in [0.15, 0.2) is 0 Å². The Morgan fingerprint density at radius 2 is 2.10 bits per heavy atom. The van der Waals surface area contributed by atoms with Gasteiger partial charge in [0.1, 0.15) is 15.5 Å². The van der Waals surface area contributed by atoms with Gasteiger partial charge >= 0.3 is 5.97 Å². The number of aliphatic hydroxyl groups is 1. The standard InChI is InChI=1S/C21H29N3O4S/c1-6-8-9-15(25)11-24(10-7-2)12-16-22-19(26)17-14(5)18(29-20(17)23-16)21(27)28-13(3)4/h6-7,13,15,25H,1-2,8-12H2,3-5H3,(H,22,23,26). The van der Waals surface area contributed by atoms with E-state index in [9.17, 15) is 14.7 Å². The monoisotopic (exact) mass is 419 g/mol. The summed E-state index contributed by atoms with van der Waals surface area (Å²) in [5.74, 6) is 0.0328. The van der Waals surface area contributed by atoms with Gasteiger partial charge in [0.2, 0.25) is 0 Å². The molecule has 0 amide bonds. The lowest BCUT2D eigenvalue weighted by molar-refractivity contribution is 0.0383. The van der Waals surface area contributed by atoms with E-state index in [1.54, 1.807) is 32.9 Å². The summed E-state index contributed by atoms with van der Waals surface area (Å²) in [7, 11) is 0. The Labute approximate surface area is 174 Å². The Bertz CT molecular complexity index is 932. The number of hydrogen-bond acceptors (Lipinski definition) is 7. The summed E-state index contributed by atoms with van der Waals surface area (Å²) in [5.41, 5.74) is 0.298. The number of H-pyrrole nitrogens is 1. The fourth-order valence-electron chi connectivity index (χ4n) is 3.02. The lowest BCUT2D eigenvalue weighted by atomic mass is 10.2. The molecule has 2 heterocycles. The zero-order chi connectivity index (χ0) is 21.6. The minimum absolute atomic E-state index is 0.242. The summed E-state index contributed by atoms with van der Waals surface area (Å²) in [6.07, 6.45) is 4.11. The molecule has 2 aromatic rings. The van der Waals surface area contributed by atoms with Crippen LogP contribution in [0, 0.1) is 6.92 Å². The third-order valence-electron chi connectivity index (χ3n) is 4.31. The first-order chi connectivity index (χ1) is 13.8. The number of carbonyl (C=O) groups excluding carboxylic acids is 1. The average Bonchev–Trinajstić information content (AvgIpc) is 2.96. The number of esters is 1. The van der Waals surface area contributed by atoms with E-state index in [-0.39, 0.29) is 11.7 Å². The van der Waals surface area contributed by atoms with Gasteiger partial charge in [0.05, 0.1) is 24.1 Å².